The molecule has 2 rings (SSSR count). The summed E-state index contributed by atoms with van der Waals surface area (Å²) in [6, 6.07) is 9.17. The second-order valence-corrected chi connectivity index (χ2v) is 4.97. The van der Waals surface area contributed by atoms with Crippen LogP contribution in [0.3, 0.4) is 0 Å². The summed E-state index contributed by atoms with van der Waals surface area (Å²) in [4.78, 5) is 0. The topological polar surface area (TPSA) is 26.0 Å². The van der Waals surface area contributed by atoms with E-state index in [0.717, 1.165) is 25.3 Å². The molecule has 2 N–H and O–H groups in total. The average Bonchev–Trinajstić information content (AvgIpc) is 2.38. The molecule has 0 heterocycles. The lowest BCUT2D eigenvalue weighted by Gasteiger charge is -2.22. The van der Waals surface area contributed by atoms with Crippen molar-refractivity contribution in [1.29, 1.82) is 0 Å². The van der Waals surface area contributed by atoms with E-state index in [0.29, 0.717) is 0 Å². The molecule has 1 aromatic rings. The zero-order valence-electron chi connectivity index (χ0n) is 10.1. The van der Waals surface area contributed by atoms with Crippen LogP contribution in [-0.4, -0.2) is 6.54 Å². The average molecular weight is 217 g/mol. The zero-order chi connectivity index (χ0) is 11.2. The summed E-state index contributed by atoms with van der Waals surface area (Å²) in [5.41, 5.74) is 8.59. The lowest BCUT2D eigenvalue weighted by Crippen LogP contribution is -2.05. The van der Waals surface area contributed by atoms with Crippen LogP contribution < -0.4 is 5.73 Å². The van der Waals surface area contributed by atoms with Crippen molar-refractivity contribution < 1.29 is 0 Å². The maximum absolute atomic E-state index is 5.56. The molecule has 0 bridgehead atoms. The fourth-order valence-electron chi connectivity index (χ4n) is 2.74. The number of hydrogen-bond acceptors (Lipinski definition) is 1. The van der Waals surface area contributed by atoms with Crippen LogP contribution in [0.15, 0.2) is 24.3 Å². The van der Waals surface area contributed by atoms with Crippen molar-refractivity contribution in [3.63, 3.8) is 0 Å². The summed E-state index contributed by atoms with van der Waals surface area (Å²) in [5, 5.41) is 0. The van der Waals surface area contributed by atoms with Gasteiger partial charge >= 0.3 is 0 Å². The van der Waals surface area contributed by atoms with Gasteiger partial charge in [0.05, 0.1) is 0 Å². The number of aryl methyl sites for hydroxylation is 1. The van der Waals surface area contributed by atoms with Gasteiger partial charge in [0.1, 0.15) is 0 Å². The van der Waals surface area contributed by atoms with E-state index in [-0.39, 0.29) is 0 Å². The zero-order valence-corrected chi connectivity index (χ0v) is 10.1. The van der Waals surface area contributed by atoms with Gasteiger partial charge in [0, 0.05) is 0 Å². The molecule has 1 aromatic carbocycles. The lowest BCUT2D eigenvalue weighted by molar-refractivity contribution is 0.443. The number of benzene rings is 1. The highest BCUT2D eigenvalue weighted by molar-refractivity contribution is 5.26. The van der Waals surface area contributed by atoms with Crippen LogP contribution in [0.5, 0.6) is 0 Å². The monoisotopic (exact) mass is 217 g/mol. The third-order valence-electron chi connectivity index (χ3n) is 3.70. The van der Waals surface area contributed by atoms with Gasteiger partial charge in [-0.3, -0.25) is 0 Å². The molecule has 0 atom stereocenters. The largest absolute Gasteiger partial charge is 0.330 e. The highest BCUT2D eigenvalue weighted by Crippen LogP contribution is 2.32. The Labute approximate surface area is 99.0 Å². The first-order valence-electron chi connectivity index (χ1n) is 6.69. The van der Waals surface area contributed by atoms with E-state index >= 15 is 0 Å². The Bertz CT molecular complexity index is 313. The van der Waals surface area contributed by atoms with Gasteiger partial charge in [0.25, 0.3) is 0 Å². The molecule has 1 nitrogen and oxygen atoms in total. The smallest absolute Gasteiger partial charge is 0.00741 e. The Morgan fingerprint density at radius 3 is 2.69 bits per heavy atom. The number of rotatable bonds is 4. The molecule has 1 fully saturated rings. The van der Waals surface area contributed by atoms with Crippen molar-refractivity contribution in [3.05, 3.63) is 35.4 Å². The molecular formula is C15H23N. The van der Waals surface area contributed by atoms with Crippen molar-refractivity contribution in [2.75, 3.05) is 6.54 Å². The normalized spacial score (nSPS) is 17.6. The predicted molar refractivity (Wildman–Crippen MR) is 69.6 cm³/mol. The molecular weight excluding hydrogens is 194 g/mol. The van der Waals surface area contributed by atoms with E-state index in [9.17, 15) is 0 Å². The van der Waals surface area contributed by atoms with Crippen molar-refractivity contribution in [2.45, 2.75) is 50.9 Å². The highest BCUT2D eigenvalue weighted by atomic mass is 14.5. The molecule has 0 saturated heterocycles. The molecule has 0 aliphatic heterocycles. The van der Waals surface area contributed by atoms with Gasteiger partial charge < -0.3 is 5.73 Å². The Balaban J connectivity index is 2.02. The Hall–Kier alpha value is -0.820. The van der Waals surface area contributed by atoms with Gasteiger partial charge in [-0.1, -0.05) is 43.5 Å². The molecule has 0 spiro atoms. The first kappa shape index (κ1) is 11.7. The van der Waals surface area contributed by atoms with Crippen LogP contribution in [0.25, 0.3) is 0 Å². The van der Waals surface area contributed by atoms with E-state index in [1.807, 2.05) is 0 Å². The van der Waals surface area contributed by atoms with Crippen LogP contribution in [-0.2, 0) is 6.42 Å². The second kappa shape index (κ2) is 6.05. The fourth-order valence-corrected chi connectivity index (χ4v) is 2.74. The van der Waals surface area contributed by atoms with Gasteiger partial charge in [-0.15, -0.1) is 0 Å². The van der Waals surface area contributed by atoms with E-state index in [1.54, 1.807) is 5.56 Å². The summed E-state index contributed by atoms with van der Waals surface area (Å²) >= 11 is 0. The Morgan fingerprint density at radius 1 is 1.12 bits per heavy atom. The predicted octanol–water partition coefficient (Wildman–Crippen LogP) is 3.63. The minimum atomic E-state index is 0.799. The summed E-state index contributed by atoms with van der Waals surface area (Å²) in [6.07, 6.45) is 9.28. The molecule has 1 aliphatic rings. The van der Waals surface area contributed by atoms with E-state index in [4.69, 9.17) is 5.73 Å². The van der Waals surface area contributed by atoms with Crippen LogP contribution in [0.1, 0.15) is 55.6 Å². The molecule has 0 aromatic heterocycles. The molecule has 1 aliphatic carbocycles. The first-order valence-corrected chi connectivity index (χ1v) is 6.69. The minimum Gasteiger partial charge on any atom is -0.330 e. The summed E-state index contributed by atoms with van der Waals surface area (Å²) < 4.78 is 0. The molecule has 1 saturated carbocycles. The van der Waals surface area contributed by atoms with E-state index in [2.05, 4.69) is 24.3 Å². The van der Waals surface area contributed by atoms with Gasteiger partial charge in [-0.2, -0.15) is 0 Å². The fraction of sp³-hybridized carbons (Fsp3) is 0.600. The number of nitrogens with two attached hydrogens (primary N) is 1. The van der Waals surface area contributed by atoms with Crippen molar-refractivity contribution in [1.82, 2.24) is 0 Å². The van der Waals surface area contributed by atoms with Crippen LogP contribution in [0.2, 0.25) is 0 Å². The number of hydrogen-bond donors (Lipinski definition) is 1. The van der Waals surface area contributed by atoms with Crippen molar-refractivity contribution in [3.8, 4) is 0 Å². The summed E-state index contributed by atoms with van der Waals surface area (Å²) in [6.45, 7) is 0.799. The highest BCUT2D eigenvalue weighted by Gasteiger charge is 2.15. The van der Waals surface area contributed by atoms with Crippen molar-refractivity contribution in [2.24, 2.45) is 5.73 Å². The van der Waals surface area contributed by atoms with Gasteiger partial charge in [0.15, 0.2) is 0 Å². The van der Waals surface area contributed by atoms with Crippen LogP contribution >= 0.6 is 0 Å². The van der Waals surface area contributed by atoms with Gasteiger partial charge in [-0.05, 0) is 49.3 Å². The van der Waals surface area contributed by atoms with E-state index in [1.165, 1.54) is 37.7 Å². The second-order valence-electron chi connectivity index (χ2n) is 4.97. The van der Waals surface area contributed by atoms with Crippen LogP contribution in [0, 0.1) is 0 Å². The molecule has 1 heteroatoms. The SMILES string of the molecule is NCCCc1cccc(C2CCCCC2)c1. The molecule has 0 radical (unpaired) electrons. The molecule has 16 heavy (non-hydrogen) atoms. The maximum Gasteiger partial charge on any atom is -0.00741 e. The van der Waals surface area contributed by atoms with Crippen molar-refractivity contribution >= 4 is 0 Å². The van der Waals surface area contributed by atoms with Gasteiger partial charge in [-0.25, -0.2) is 0 Å². The molecule has 0 amide bonds. The summed E-state index contributed by atoms with van der Waals surface area (Å²) in [5.74, 6) is 0.826. The molecule has 0 unspecified atom stereocenters. The Morgan fingerprint density at radius 2 is 1.94 bits per heavy atom. The Kier molecular flexibility index (Phi) is 4.41. The lowest BCUT2D eigenvalue weighted by atomic mass is 9.83. The van der Waals surface area contributed by atoms with E-state index < -0.39 is 0 Å². The van der Waals surface area contributed by atoms with Gasteiger partial charge in [0.2, 0.25) is 0 Å². The maximum atomic E-state index is 5.56. The summed E-state index contributed by atoms with van der Waals surface area (Å²) in [7, 11) is 0. The third kappa shape index (κ3) is 3.08. The third-order valence-corrected chi connectivity index (χ3v) is 3.70. The minimum absolute atomic E-state index is 0.799. The quantitative estimate of drug-likeness (QED) is 0.819. The van der Waals surface area contributed by atoms with Crippen LogP contribution in [0.4, 0.5) is 0 Å². The molecule has 88 valence electrons. The first-order chi connectivity index (χ1) is 7.90. The standard InChI is InChI=1S/C15H23N/c16-11-5-7-13-6-4-10-15(12-13)14-8-2-1-3-9-14/h4,6,10,12,14H,1-3,5,7-9,11,16H2.